The molecule has 0 bridgehead atoms. The fourth-order valence-electron chi connectivity index (χ4n) is 5.66. The normalized spacial score (nSPS) is 11.5. The van der Waals surface area contributed by atoms with Gasteiger partial charge >= 0.3 is 0 Å². The third-order valence-corrected chi connectivity index (χ3v) is 9.08. The zero-order chi connectivity index (χ0) is 28.0. The van der Waals surface area contributed by atoms with Crippen LogP contribution in [0.5, 0.6) is 0 Å². The Morgan fingerprint density at radius 3 is 1.95 bits per heavy atom. The summed E-state index contributed by atoms with van der Waals surface area (Å²) < 4.78 is 2.59. The number of hydrogen-bond donors (Lipinski definition) is 0. The molecule has 0 saturated heterocycles. The molecule has 0 aliphatic heterocycles. The summed E-state index contributed by atoms with van der Waals surface area (Å²) in [6.07, 6.45) is 0. The van der Waals surface area contributed by atoms with Crippen LogP contribution in [0.4, 0.5) is 0 Å². The zero-order valence-electron chi connectivity index (χ0n) is 22.3. The van der Waals surface area contributed by atoms with E-state index in [4.69, 9.17) is 16.6 Å². The van der Waals surface area contributed by atoms with Crippen molar-refractivity contribution in [2.45, 2.75) is 0 Å². The predicted octanol–water partition coefficient (Wildman–Crippen LogP) is 10.7. The minimum atomic E-state index is 0.172. The van der Waals surface area contributed by atoms with E-state index in [1.165, 1.54) is 36.9 Å². The maximum atomic E-state index is 6.47. The highest BCUT2D eigenvalue weighted by Gasteiger charge is 2.14. The number of fused-ring (bicyclic) bond motifs is 4. The second-order valence-electron chi connectivity index (χ2n) is 10.2. The average molecular weight is 576 g/mol. The Morgan fingerprint density at radius 2 is 1.10 bits per heavy atom. The Hall–Kier alpha value is -4.90. The first-order valence-corrected chi connectivity index (χ1v) is 14.9. The molecule has 5 heteroatoms. The van der Waals surface area contributed by atoms with Gasteiger partial charge in [-0.1, -0.05) is 121 Å². The fraction of sp³-hybridized carbons (Fsp3) is 0. The average Bonchev–Trinajstić information content (AvgIpc) is 3.43. The van der Waals surface area contributed by atoms with Crippen LogP contribution >= 0.6 is 22.9 Å². The largest absolute Gasteiger partial charge is 0.226 e. The molecule has 0 spiro atoms. The van der Waals surface area contributed by atoms with Gasteiger partial charge in [-0.25, -0.2) is 4.98 Å². The van der Waals surface area contributed by atoms with Crippen molar-refractivity contribution in [2.24, 2.45) is 0 Å². The van der Waals surface area contributed by atoms with Crippen molar-refractivity contribution >= 4 is 53.9 Å². The fourth-order valence-corrected chi connectivity index (χ4v) is 7.06. The third-order valence-electron chi connectivity index (χ3n) is 7.69. The van der Waals surface area contributed by atoms with Gasteiger partial charge in [-0.3, -0.25) is 0 Å². The molecule has 3 nitrogen and oxygen atoms in total. The number of rotatable bonds is 4. The number of halogens is 1. The van der Waals surface area contributed by atoms with Gasteiger partial charge in [-0.2, -0.15) is 9.97 Å². The summed E-state index contributed by atoms with van der Waals surface area (Å²) in [6, 6.07) is 46.6. The summed E-state index contributed by atoms with van der Waals surface area (Å²) in [7, 11) is 0. The lowest BCUT2D eigenvalue weighted by molar-refractivity contribution is 1.07. The molecule has 2 aromatic heterocycles. The smallest absolute Gasteiger partial charge is 0.208 e. The number of aromatic nitrogens is 3. The van der Waals surface area contributed by atoms with Crippen LogP contribution in [0, 0.1) is 0 Å². The van der Waals surface area contributed by atoms with Crippen molar-refractivity contribution in [3.05, 3.63) is 139 Å². The molecular weight excluding hydrogens is 554 g/mol. The summed E-state index contributed by atoms with van der Waals surface area (Å²) in [6.45, 7) is 0. The second-order valence-corrected chi connectivity index (χ2v) is 11.6. The topological polar surface area (TPSA) is 38.7 Å². The van der Waals surface area contributed by atoms with Crippen molar-refractivity contribution in [3.8, 4) is 45.0 Å². The van der Waals surface area contributed by atoms with Crippen LogP contribution in [0.1, 0.15) is 0 Å². The van der Waals surface area contributed by atoms with Crippen LogP contribution in [0.3, 0.4) is 0 Å². The quantitative estimate of drug-likeness (QED) is 0.209. The van der Waals surface area contributed by atoms with Gasteiger partial charge in [0.05, 0.1) is 0 Å². The van der Waals surface area contributed by atoms with E-state index in [0.29, 0.717) is 11.6 Å². The number of benzene rings is 6. The van der Waals surface area contributed by atoms with Gasteiger partial charge < -0.3 is 0 Å². The molecule has 0 atom stereocenters. The standard InChI is InChI=1S/C37H22ClN3S/c38-37-40-35(26-19-16-25(17-20-26)29-13-7-14-31-30-11-4-5-15-33(30)42-34(29)31)39-36(41-37)27-21-18-24-10-6-12-28(32(24)22-27)23-8-2-1-3-9-23/h1-22H. The van der Waals surface area contributed by atoms with Gasteiger partial charge in [0.1, 0.15) is 0 Å². The minimum absolute atomic E-state index is 0.172. The van der Waals surface area contributed by atoms with Crippen LogP contribution < -0.4 is 0 Å². The molecule has 198 valence electrons. The SMILES string of the molecule is Clc1nc(-c2ccc(-c3cccc4c3sc3ccccc34)cc2)nc(-c2ccc3cccc(-c4ccccc4)c3c2)n1. The van der Waals surface area contributed by atoms with Crippen LogP contribution in [0.2, 0.25) is 5.28 Å². The molecule has 0 N–H and O–H groups in total. The first-order valence-electron chi connectivity index (χ1n) is 13.7. The van der Waals surface area contributed by atoms with Crippen molar-refractivity contribution in [3.63, 3.8) is 0 Å². The molecular formula is C37H22ClN3S. The van der Waals surface area contributed by atoms with Crippen molar-refractivity contribution < 1.29 is 0 Å². The van der Waals surface area contributed by atoms with E-state index in [2.05, 4.69) is 131 Å². The Morgan fingerprint density at radius 1 is 0.452 bits per heavy atom. The summed E-state index contributed by atoms with van der Waals surface area (Å²) in [5.74, 6) is 1.10. The molecule has 8 rings (SSSR count). The Bertz CT molecular complexity index is 2260. The van der Waals surface area contributed by atoms with Crippen LogP contribution in [-0.2, 0) is 0 Å². The molecule has 0 fully saturated rings. The molecule has 0 aliphatic carbocycles. The summed E-state index contributed by atoms with van der Waals surface area (Å²) in [4.78, 5) is 13.8. The molecule has 0 radical (unpaired) electrons. The number of hydrogen-bond acceptors (Lipinski definition) is 4. The molecule has 0 unspecified atom stereocenters. The predicted molar refractivity (Wildman–Crippen MR) is 177 cm³/mol. The lowest BCUT2D eigenvalue weighted by atomic mass is 9.96. The lowest BCUT2D eigenvalue weighted by Crippen LogP contribution is -1.97. The molecule has 0 amide bonds. The van der Waals surface area contributed by atoms with Gasteiger partial charge in [-0.05, 0) is 56.8 Å². The Balaban J connectivity index is 1.18. The Kier molecular flexibility index (Phi) is 6.03. The first-order chi connectivity index (χ1) is 20.7. The number of thiophene rings is 1. The lowest BCUT2D eigenvalue weighted by Gasteiger charge is -2.10. The molecule has 0 aliphatic rings. The van der Waals surface area contributed by atoms with Crippen molar-refractivity contribution in [2.75, 3.05) is 0 Å². The van der Waals surface area contributed by atoms with Gasteiger partial charge in [0.25, 0.3) is 0 Å². The molecule has 8 aromatic rings. The monoisotopic (exact) mass is 575 g/mol. The Labute approximate surface area is 251 Å². The van der Waals surface area contributed by atoms with E-state index >= 15 is 0 Å². The van der Waals surface area contributed by atoms with Gasteiger partial charge in [0.2, 0.25) is 5.28 Å². The molecule has 0 saturated carbocycles. The van der Waals surface area contributed by atoms with Crippen molar-refractivity contribution in [1.82, 2.24) is 15.0 Å². The molecule has 42 heavy (non-hydrogen) atoms. The van der Waals surface area contributed by atoms with E-state index in [1.54, 1.807) is 0 Å². The summed E-state index contributed by atoms with van der Waals surface area (Å²) in [5.41, 5.74) is 6.49. The first kappa shape index (κ1) is 24.9. The number of nitrogens with zero attached hydrogens (tertiary/aromatic N) is 3. The zero-order valence-corrected chi connectivity index (χ0v) is 23.9. The van der Waals surface area contributed by atoms with E-state index in [1.807, 2.05) is 23.5 Å². The van der Waals surface area contributed by atoms with Gasteiger partial charge in [0, 0.05) is 31.3 Å². The second kappa shape index (κ2) is 10.2. The van der Waals surface area contributed by atoms with Gasteiger partial charge in [-0.15, -0.1) is 11.3 Å². The van der Waals surface area contributed by atoms with Crippen LogP contribution in [-0.4, -0.2) is 15.0 Å². The van der Waals surface area contributed by atoms with E-state index in [-0.39, 0.29) is 5.28 Å². The molecule has 2 heterocycles. The highest BCUT2D eigenvalue weighted by molar-refractivity contribution is 7.26. The van der Waals surface area contributed by atoms with Crippen LogP contribution in [0.25, 0.3) is 76.0 Å². The maximum absolute atomic E-state index is 6.47. The third kappa shape index (κ3) is 4.33. The van der Waals surface area contributed by atoms with E-state index < -0.39 is 0 Å². The van der Waals surface area contributed by atoms with Crippen molar-refractivity contribution in [1.29, 1.82) is 0 Å². The van der Waals surface area contributed by atoms with Crippen LogP contribution in [0.15, 0.2) is 133 Å². The summed E-state index contributed by atoms with van der Waals surface area (Å²) in [5, 5.41) is 5.05. The maximum Gasteiger partial charge on any atom is 0.226 e. The molecule has 6 aromatic carbocycles. The highest BCUT2D eigenvalue weighted by Crippen LogP contribution is 2.40. The summed E-state index contributed by atoms with van der Waals surface area (Å²) >= 11 is 8.30. The van der Waals surface area contributed by atoms with E-state index in [0.717, 1.165) is 27.5 Å². The van der Waals surface area contributed by atoms with E-state index in [9.17, 15) is 0 Å². The van der Waals surface area contributed by atoms with Gasteiger partial charge in [0.15, 0.2) is 11.6 Å². The minimum Gasteiger partial charge on any atom is -0.208 e. The highest BCUT2D eigenvalue weighted by atomic mass is 35.5.